The van der Waals surface area contributed by atoms with Crippen LogP contribution in [-0.4, -0.2) is 96.7 Å². The highest BCUT2D eigenvalue weighted by Gasteiger charge is 2.30. The number of esters is 4. The maximum Gasteiger partial charge on any atom is 0.472 e. The Morgan fingerprint density at radius 3 is 0.923 bits per heavy atom. The predicted octanol–water partition coefficient (Wildman–Crippen LogP) is 22.5. The largest absolute Gasteiger partial charge is 0.472 e. The van der Waals surface area contributed by atoms with Gasteiger partial charge in [0, 0.05) is 19.3 Å². The van der Waals surface area contributed by atoms with Gasteiger partial charge in [0.15, 0.2) is 12.2 Å². The number of phosphoric acid groups is 2. The van der Waals surface area contributed by atoms with Crippen LogP contribution in [0.3, 0.4) is 0 Å². The van der Waals surface area contributed by atoms with E-state index in [2.05, 4.69) is 174 Å². The molecule has 0 amide bonds. The third-order valence-electron chi connectivity index (χ3n) is 15.1. The van der Waals surface area contributed by atoms with Gasteiger partial charge in [-0.2, -0.15) is 0 Å². The summed E-state index contributed by atoms with van der Waals surface area (Å²) < 4.78 is 68.3. The highest BCUT2D eigenvalue weighted by atomic mass is 31.2. The third kappa shape index (κ3) is 74.2. The standard InChI is InChI=1S/C85H134O17P2/c1-5-9-13-17-21-25-29-33-37-38-39-40-44-46-50-54-58-62-66-70-83(88)96-76-81(102-85(90)72-68-64-60-56-52-48-43-36-32-28-24-20-16-12-8-4)78-100-104(93,94)98-74-79(86)73-97-103(91,92)99-77-80(101-84(89)71-67-63-59-55-51-47-42-35-31-27-23-19-15-11-7-3)75-95-82(87)69-65-61-57-53-49-45-41-34-30-26-22-18-14-10-6-2/h9-10,12-14,16,21-22,24-26,28,33-37,39-43,46,49-50,52-53,56,58,61-62,65,79-81,86H,5-8,11,15,17-20,23,27,29-32,38,44-45,47-48,51,54-55,57,59-60,63-64,66-78H2,1-4H3,(H,91,92)(H,93,94)/b13-9-,14-10-,16-12-,25-21-,26-22-,28-24-,37-33-,40-39-,41-34-,42-35-,43-36-,50-46-,53-49-,56-52-,62-58-,65-61-. The Balaban J connectivity index is 5.55. The molecule has 0 aromatic carbocycles. The first kappa shape index (κ1) is 97.9. The zero-order valence-corrected chi connectivity index (χ0v) is 65.6. The topological polar surface area (TPSA) is 237 Å². The Bertz CT molecular complexity index is 2740. The minimum Gasteiger partial charge on any atom is -0.462 e. The molecular weight excluding hydrogens is 1350 g/mol. The first-order valence-corrected chi connectivity index (χ1v) is 41.7. The first-order valence-electron chi connectivity index (χ1n) is 38.7. The quantitative estimate of drug-likeness (QED) is 0.0169. The zero-order valence-electron chi connectivity index (χ0n) is 63.9. The number of carbonyl (C=O) groups excluding carboxylic acids is 4. The Labute approximate surface area is 627 Å². The van der Waals surface area contributed by atoms with Crippen LogP contribution in [0.15, 0.2) is 194 Å². The number of hydrogen-bond acceptors (Lipinski definition) is 15. The molecule has 0 aliphatic carbocycles. The van der Waals surface area contributed by atoms with Crippen molar-refractivity contribution in [3.05, 3.63) is 194 Å². The lowest BCUT2D eigenvalue weighted by atomic mass is 10.1. The number of aliphatic hydroxyl groups excluding tert-OH is 1. The Morgan fingerprint density at radius 1 is 0.288 bits per heavy atom. The minimum atomic E-state index is -5.02. The molecule has 5 atom stereocenters. The molecule has 5 unspecified atom stereocenters. The van der Waals surface area contributed by atoms with Gasteiger partial charge in [0.2, 0.25) is 0 Å². The van der Waals surface area contributed by atoms with Crippen LogP contribution in [-0.2, 0) is 65.4 Å². The first-order chi connectivity index (χ1) is 50.7. The van der Waals surface area contributed by atoms with Crippen LogP contribution < -0.4 is 0 Å². The fourth-order valence-electron chi connectivity index (χ4n) is 9.30. The summed E-state index contributed by atoms with van der Waals surface area (Å²) >= 11 is 0. The van der Waals surface area contributed by atoms with Crippen molar-refractivity contribution in [1.82, 2.24) is 0 Å². The maximum absolute atomic E-state index is 13.1. The molecule has 104 heavy (non-hydrogen) atoms. The van der Waals surface area contributed by atoms with Crippen LogP contribution in [0, 0.1) is 0 Å². The molecule has 19 heteroatoms. The summed E-state index contributed by atoms with van der Waals surface area (Å²) in [5, 5.41) is 10.6. The molecule has 0 radical (unpaired) electrons. The van der Waals surface area contributed by atoms with E-state index in [1.54, 1.807) is 6.08 Å². The smallest absolute Gasteiger partial charge is 0.462 e. The molecule has 0 spiro atoms. The molecule has 0 aliphatic rings. The summed E-state index contributed by atoms with van der Waals surface area (Å²) in [4.78, 5) is 72.8. The number of hydrogen-bond donors (Lipinski definition) is 3. The van der Waals surface area contributed by atoms with E-state index in [1.807, 2.05) is 42.5 Å². The fraction of sp³-hybridized carbons (Fsp3) is 0.576. The highest BCUT2D eigenvalue weighted by molar-refractivity contribution is 7.47. The van der Waals surface area contributed by atoms with Gasteiger partial charge in [0.05, 0.1) is 32.8 Å². The van der Waals surface area contributed by atoms with E-state index in [1.165, 1.54) is 38.5 Å². The van der Waals surface area contributed by atoms with E-state index in [0.717, 1.165) is 128 Å². The van der Waals surface area contributed by atoms with Gasteiger partial charge in [-0.15, -0.1) is 0 Å². The Hall–Kier alpha value is -6.10. The number of carbonyl (C=O) groups is 4. The van der Waals surface area contributed by atoms with Crippen LogP contribution in [0.4, 0.5) is 0 Å². The molecule has 0 aliphatic heterocycles. The van der Waals surface area contributed by atoms with E-state index in [0.29, 0.717) is 38.5 Å². The summed E-state index contributed by atoms with van der Waals surface area (Å²) in [6.07, 6.45) is 91.9. The number of rotatable bonds is 70. The summed E-state index contributed by atoms with van der Waals surface area (Å²) in [6, 6.07) is 0. The fourth-order valence-corrected chi connectivity index (χ4v) is 10.9. The molecule has 3 N–H and O–H groups in total. The van der Waals surface area contributed by atoms with Crippen LogP contribution >= 0.6 is 15.6 Å². The molecule has 0 fully saturated rings. The van der Waals surface area contributed by atoms with E-state index in [4.69, 9.17) is 37.0 Å². The lowest BCUT2D eigenvalue weighted by molar-refractivity contribution is -0.161. The normalized spacial score (nSPS) is 15.0. The predicted molar refractivity (Wildman–Crippen MR) is 426 cm³/mol. The van der Waals surface area contributed by atoms with Crippen molar-refractivity contribution >= 4 is 39.5 Å². The van der Waals surface area contributed by atoms with Gasteiger partial charge in [-0.1, -0.05) is 273 Å². The van der Waals surface area contributed by atoms with Gasteiger partial charge in [0.1, 0.15) is 19.3 Å². The van der Waals surface area contributed by atoms with Gasteiger partial charge < -0.3 is 33.8 Å². The SMILES string of the molecule is CC/C=C\C/C=C\C/C=C\C/C=C\C/C=C\C/C=C\CCC(=O)OCC(COP(=O)(O)OCC(O)COP(=O)(O)OCC(COC(=O)C/C=C\C/C=C\C/C=C\C/C=C\C/C=C\CC)OC(=O)CCCCCCC/C=C\CCCCCCCC)OC(=O)CCCC/C=C\C/C=C\C/C=C\C/C=C\CC. The second kappa shape index (κ2) is 75.1. The van der Waals surface area contributed by atoms with Crippen LogP contribution in [0.5, 0.6) is 0 Å². The number of unbranched alkanes of at least 4 members (excludes halogenated alkanes) is 13. The monoisotopic (exact) mass is 1490 g/mol. The van der Waals surface area contributed by atoms with Crippen molar-refractivity contribution in [2.75, 3.05) is 39.6 Å². The summed E-state index contributed by atoms with van der Waals surface area (Å²) in [6.45, 7) is 4.23. The molecule has 0 rings (SSSR count). The van der Waals surface area contributed by atoms with Crippen LogP contribution in [0.2, 0.25) is 0 Å². The number of allylic oxidation sites excluding steroid dienone is 31. The number of ether oxygens (including phenoxy) is 4. The molecule has 0 aromatic rings. The Kier molecular flexibility index (Phi) is 70.7. The zero-order chi connectivity index (χ0) is 76.0. The average Bonchev–Trinajstić information content (AvgIpc) is 0.918. The lowest BCUT2D eigenvalue weighted by Gasteiger charge is -2.21. The maximum atomic E-state index is 13.1. The van der Waals surface area contributed by atoms with E-state index in [-0.39, 0.29) is 25.7 Å². The van der Waals surface area contributed by atoms with Gasteiger partial charge in [-0.25, -0.2) is 9.13 Å². The Morgan fingerprint density at radius 2 is 0.558 bits per heavy atom. The summed E-state index contributed by atoms with van der Waals surface area (Å²) in [7, 11) is -10.0. The van der Waals surface area contributed by atoms with Crippen molar-refractivity contribution in [1.29, 1.82) is 0 Å². The van der Waals surface area contributed by atoms with Gasteiger partial charge in [0.25, 0.3) is 0 Å². The number of aliphatic hydroxyl groups is 1. The molecule has 0 bridgehead atoms. The van der Waals surface area contributed by atoms with Crippen molar-refractivity contribution in [3.8, 4) is 0 Å². The van der Waals surface area contributed by atoms with Gasteiger partial charge in [-0.3, -0.25) is 37.3 Å². The van der Waals surface area contributed by atoms with Crippen molar-refractivity contribution in [2.24, 2.45) is 0 Å². The minimum absolute atomic E-state index is 0.0163. The molecule has 0 saturated heterocycles. The van der Waals surface area contributed by atoms with Gasteiger partial charge >= 0.3 is 39.5 Å². The average molecular weight is 1490 g/mol. The molecule has 0 heterocycles. The van der Waals surface area contributed by atoms with Gasteiger partial charge in [-0.05, 0) is 154 Å². The van der Waals surface area contributed by atoms with Crippen LogP contribution in [0.1, 0.15) is 259 Å². The lowest BCUT2D eigenvalue weighted by Crippen LogP contribution is -2.30. The molecule has 0 aromatic heterocycles. The van der Waals surface area contributed by atoms with Crippen molar-refractivity contribution in [2.45, 2.75) is 277 Å². The molecule has 0 saturated carbocycles. The van der Waals surface area contributed by atoms with E-state index in [9.17, 15) is 43.2 Å². The van der Waals surface area contributed by atoms with E-state index < -0.39 is 97.5 Å². The summed E-state index contributed by atoms with van der Waals surface area (Å²) in [5.41, 5.74) is 0. The molecular formula is C85H134O17P2. The molecule has 17 nitrogen and oxygen atoms in total. The van der Waals surface area contributed by atoms with Crippen molar-refractivity contribution in [3.63, 3.8) is 0 Å². The third-order valence-corrected chi connectivity index (χ3v) is 17.0. The number of phosphoric ester groups is 2. The summed E-state index contributed by atoms with van der Waals surface area (Å²) in [5.74, 6) is -2.50. The molecule has 586 valence electrons. The van der Waals surface area contributed by atoms with Crippen LogP contribution in [0.25, 0.3) is 0 Å². The van der Waals surface area contributed by atoms with E-state index >= 15 is 0 Å². The second-order valence-corrected chi connectivity index (χ2v) is 27.7. The van der Waals surface area contributed by atoms with Crippen molar-refractivity contribution < 1.29 is 80.2 Å². The second-order valence-electron chi connectivity index (χ2n) is 24.8. The highest BCUT2D eigenvalue weighted by Crippen LogP contribution is 2.45.